The highest BCUT2D eigenvalue weighted by Crippen LogP contribution is 2.37. The van der Waals surface area contributed by atoms with Crippen molar-refractivity contribution in [2.75, 3.05) is 0 Å². The Kier molecular flexibility index (Phi) is 7.72. The molecule has 0 aliphatic heterocycles. The topological polar surface area (TPSA) is 12.0 Å². The van der Waals surface area contributed by atoms with Crippen LogP contribution in [0.15, 0.2) is 36.4 Å². The molecule has 0 unspecified atom stereocenters. The third-order valence-electron chi connectivity index (χ3n) is 6.54. The zero-order valence-electron chi connectivity index (χ0n) is 24.1. The lowest BCUT2D eigenvalue weighted by Gasteiger charge is -2.32. The Labute approximate surface area is 205 Å². The summed E-state index contributed by atoms with van der Waals surface area (Å²) in [5, 5.41) is 3.93. The van der Waals surface area contributed by atoms with E-state index < -0.39 is 0 Å². The number of hydrogen-bond acceptors (Lipinski definition) is 1. The lowest BCUT2D eigenvalue weighted by atomic mass is 9.76. The van der Waals surface area contributed by atoms with E-state index in [1.54, 1.807) is 0 Å². The summed E-state index contributed by atoms with van der Waals surface area (Å²) >= 11 is 0. The van der Waals surface area contributed by atoms with Crippen LogP contribution in [0.3, 0.4) is 0 Å². The molecule has 0 amide bonds. The van der Waals surface area contributed by atoms with Gasteiger partial charge in [-0.3, -0.25) is 0 Å². The second kappa shape index (κ2) is 9.21. The van der Waals surface area contributed by atoms with E-state index in [9.17, 15) is 0 Å². The Balaban J connectivity index is 2.86. The van der Waals surface area contributed by atoms with Gasteiger partial charge in [0, 0.05) is 6.04 Å². The molecule has 2 rings (SSSR count). The zero-order valence-corrected chi connectivity index (χ0v) is 24.1. The molecule has 0 radical (unpaired) electrons. The Morgan fingerprint density at radius 3 is 0.879 bits per heavy atom. The van der Waals surface area contributed by atoms with Crippen molar-refractivity contribution < 1.29 is 0 Å². The molecule has 0 aliphatic rings. The maximum Gasteiger partial charge on any atom is 0.0579 e. The minimum absolute atomic E-state index is 0.0994. The van der Waals surface area contributed by atoms with Crippen molar-refractivity contribution in [3.05, 3.63) is 69.8 Å². The van der Waals surface area contributed by atoms with E-state index in [0.29, 0.717) is 6.04 Å². The van der Waals surface area contributed by atoms with Gasteiger partial charge in [-0.25, -0.2) is 0 Å². The van der Waals surface area contributed by atoms with E-state index in [0.717, 1.165) is 0 Å². The van der Waals surface area contributed by atoms with E-state index in [1.807, 2.05) is 0 Å². The second-order valence-electron chi connectivity index (χ2n) is 14.4. The van der Waals surface area contributed by atoms with Gasteiger partial charge in [0.05, 0.1) is 6.04 Å². The van der Waals surface area contributed by atoms with Gasteiger partial charge >= 0.3 is 0 Å². The van der Waals surface area contributed by atoms with E-state index >= 15 is 0 Å². The maximum absolute atomic E-state index is 3.93. The van der Waals surface area contributed by atoms with Crippen LogP contribution in [-0.4, -0.2) is 6.04 Å². The van der Waals surface area contributed by atoms with Gasteiger partial charge in [0.1, 0.15) is 0 Å². The molecule has 0 aliphatic carbocycles. The first-order chi connectivity index (χ1) is 14.7. The van der Waals surface area contributed by atoms with Crippen LogP contribution >= 0.6 is 0 Å². The van der Waals surface area contributed by atoms with Crippen molar-refractivity contribution in [1.82, 2.24) is 5.32 Å². The third-order valence-corrected chi connectivity index (χ3v) is 6.54. The first-order valence-corrected chi connectivity index (χ1v) is 12.8. The fraction of sp³-hybridized carbons (Fsp3) is 0.625. The lowest BCUT2D eigenvalue weighted by molar-refractivity contribution is 0.515. The highest BCUT2D eigenvalue weighted by molar-refractivity contribution is 5.45. The standard InChI is InChI=1S/C32H51N/c1-21(2)33-28(22-15-24(29(3,4)5)19-25(16-22)30(6,7)8)23-17-26(31(9,10)11)20-27(18-23)32(12,13)14/h15-21,28,33H,1-14H3. The van der Waals surface area contributed by atoms with Gasteiger partial charge in [-0.15, -0.1) is 0 Å². The van der Waals surface area contributed by atoms with Gasteiger partial charge in [-0.1, -0.05) is 119 Å². The maximum atomic E-state index is 3.93. The van der Waals surface area contributed by atoms with Crippen LogP contribution in [0.2, 0.25) is 0 Å². The quantitative estimate of drug-likeness (QED) is 0.491. The predicted molar refractivity (Wildman–Crippen MR) is 148 cm³/mol. The Bertz CT molecular complexity index is 810. The molecule has 0 bridgehead atoms. The molecule has 2 aromatic carbocycles. The molecule has 0 fully saturated rings. The van der Waals surface area contributed by atoms with Crippen molar-refractivity contribution in [1.29, 1.82) is 0 Å². The molecule has 0 saturated heterocycles. The minimum atomic E-state index is 0.0994. The van der Waals surface area contributed by atoms with Crippen LogP contribution in [0.4, 0.5) is 0 Å². The lowest BCUT2D eigenvalue weighted by Crippen LogP contribution is -2.30. The average molecular weight is 450 g/mol. The highest BCUT2D eigenvalue weighted by Gasteiger charge is 2.27. The summed E-state index contributed by atoms with van der Waals surface area (Å²) in [6, 6.07) is 15.1. The Morgan fingerprint density at radius 2 is 0.697 bits per heavy atom. The van der Waals surface area contributed by atoms with Crippen LogP contribution in [-0.2, 0) is 21.7 Å². The van der Waals surface area contributed by atoms with Crippen LogP contribution in [0.25, 0.3) is 0 Å². The van der Waals surface area contributed by atoms with Gasteiger partial charge in [0.15, 0.2) is 0 Å². The van der Waals surface area contributed by atoms with E-state index in [1.165, 1.54) is 33.4 Å². The molecule has 0 saturated carbocycles. The van der Waals surface area contributed by atoms with Crippen LogP contribution in [0, 0.1) is 0 Å². The number of nitrogens with one attached hydrogen (secondary N) is 1. The van der Waals surface area contributed by atoms with Crippen molar-refractivity contribution in [2.24, 2.45) is 0 Å². The molecule has 1 nitrogen and oxygen atoms in total. The largest absolute Gasteiger partial charge is 0.304 e. The first kappa shape index (κ1) is 27.6. The molecule has 2 aromatic rings. The molecular weight excluding hydrogens is 398 g/mol. The summed E-state index contributed by atoms with van der Waals surface area (Å²) in [5.41, 5.74) is 8.76. The van der Waals surface area contributed by atoms with E-state index in [2.05, 4.69) is 139 Å². The summed E-state index contributed by atoms with van der Waals surface area (Å²) in [7, 11) is 0. The zero-order chi connectivity index (χ0) is 25.6. The summed E-state index contributed by atoms with van der Waals surface area (Å²) in [6.45, 7) is 32.4. The van der Waals surface area contributed by atoms with E-state index in [-0.39, 0.29) is 27.7 Å². The molecule has 0 heterocycles. The van der Waals surface area contributed by atoms with Gasteiger partial charge in [-0.2, -0.15) is 0 Å². The SMILES string of the molecule is CC(C)NC(c1cc(C(C)(C)C)cc(C(C)(C)C)c1)c1cc(C(C)(C)C)cc(C(C)(C)C)c1. The third kappa shape index (κ3) is 7.19. The fourth-order valence-electron chi connectivity index (χ4n) is 4.09. The second-order valence-corrected chi connectivity index (χ2v) is 14.4. The van der Waals surface area contributed by atoms with Crippen molar-refractivity contribution in [2.45, 2.75) is 131 Å². The Hall–Kier alpha value is -1.60. The smallest absolute Gasteiger partial charge is 0.0579 e. The van der Waals surface area contributed by atoms with Crippen LogP contribution < -0.4 is 5.32 Å². The van der Waals surface area contributed by atoms with Crippen LogP contribution in [0.5, 0.6) is 0 Å². The summed E-state index contributed by atoms with van der Waals surface area (Å²) in [5.74, 6) is 0. The molecule has 1 heteroatoms. The van der Waals surface area contributed by atoms with Crippen molar-refractivity contribution in [3.63, 3.8) is 0 Å². The number of benzene rings is 2. The number of hydrogen-bond donors (Lipinski definition) is 1. The molecule has 0 aromatic heterocycles. The molecule has 0 atom stereocenters. The minimum Gasteiger partial charge on any atom is -0.304 e. The summed E-state index contributed by atoms with van der Waals surface area (Å²) in [6.07, 6.45) is 0. The molecule has 184 valence electrons. The molecular formula is C32H51N. The van der Waals surface area contributed by atoms with Gasteiger partial charge in [0.2, 0.25) is 0 Å². The first-order valence-electron chi connectivity index (χ1n) is 12.8. The molecule has 0 spiro atoms. The van der Waals surface area contributed by atoms with Crippen molar-refractivity contribution >= 4 is 0 Å². The van der Waals surface area contributed by atoms with Gasteiger partial charge in [-0.05, 0) is 68.9 Å². The average Bonchev–Trinajstić information content (AvgIpc) is 2.62. The highest BCUT2D eigenvalue weighted by atomic mass is 14.9. The molecule has 1 N–H and O–H groups in total. The normalized spacial score (nSPS) is 13.8. The summed E-state index contributed by atoms with van der Waals surface area (Å²) in [4.78, 5) is 0. The van der Waals surface area contributed by atoms with E-state index in [4.69, 9.17) is 0 Å². The monoisotopic (exact) mass is 449 g/mol. The predicted octanol–water partition coefficient (Wildman–Crippen LogP) is 8.96. The Morgan fingerprint density at radius 1 is 0.455 bits per heavy atom. The summed E-state index contributed by atoms with van der Waals surface area (Å²) < 4.78 is 0. The van der Waals surface area contributed by atoms with Crippen molar-refractivity contribution in [3.8, 4) is 0 Å². The number of rotatable bonds is 4. The fourth-order valence-corrected chi connectivity index (χ4v) is 4.09. The molecule has 33 heavy (non-hydrogen) atoms. The van der Waals surface area contributed by atoms with Gasteiger partial charge in [0.25, 0.3) is 0 Å². The van der Waals surface area contributed by atoms with Gasteiger partial charge < -0.3 is 5.32 Å². The van der Waals surface area contributed by atoms with Crippen LogP contribution in [0.1, 0.15) is 136 Å².